The Labute approximate surface area is 81.8 Å². The summed E-state index contributed by atoms with van der Waals surface area (Å²) in [6.07, 6.45) is 0. The number of aromatic nitrogens is 2. The summed E-state index contributed by atoms with van der Waals surface area (Å²) in [6.45, 7) is 3.83. The van der Waals surface area contributed by atoms with E-state index in [0.29, 0.717) is 12.4 Å². The fourth-order valence-electron chi connectivity index (χ4n) is 1.10. The number of aromatic hydroxyl groups is 1. The van der Waals surface area contributed by atoms with Gasteiger partial charge in [-0.2, -0.15) is 4.98 Å². The first kappa shape index (κ1) is 10.7. The van der Waals surface area contributed by atoms with Crippen LogP contribution in [0.3, 0.4) is 0 Å². The van der Waals surface area contributed by atoms with Crippen molar-refractivity contribution in [2.45, 2.75) is 19.8 Å². The van der Waals surface area contributed by atoms with Crippen LogP contribution in [0.5, 0.6) is 5.88 Å². The number of rotatable bonds is 3. The van der Waals surface area contributed by atoms with E-state index in [-0.39, 0.29) is 22.9 Å². The van der Waals surface area contributed by atoms with Gasteiger partial charge in [0, 0.05) is 13.0 Å². The van der Waals surface area contributed by atoms with Crippen LogP contribution in [0, 0.1) is 6.92 Å². The van der Waals surface area contributed by atoms with E-state index in [1.807, 2.05) is 6.92 Å². The molecule has 0 aliphatic heterocycles. The Bertz CT molecular complexity index is 373. The molecule has 14 heavy (non-hydrogen) atoms. The van der Waals surface area contributed by atoms with Crippen LogP contribution < -0.4 is 5.56 Å². The zero-order valence-electron chi connectivity index (χ0n) is 8.50. The van der Waals surface area contributed by atoms with Crippen molar-refractivity contribution in [3.63, 3.8) is 0 Å². The van der Waals surface area contributed by atoms with Crippen LogP contribution in [0.4, 0.5) is 0 Å². The molecule has 0 fully saturated rings. The molecule has 1 rings (SSSR count). The summed E-state index contributed by atoms with van der Waals surface area (Å²) in [6, 6.07) is 0. The Morgan fingerprint density at radius 2 is 2.29 bits per heavy atom. The molecule has 0 saturated heterocycles. The molecule has 0 aliphatic rings. The summed E-state index contributed by atoms with van der Waals surface area (Å²) < 4.78 is 4.92. The maximum absolute atomic E-state index is 11.3. The molecule has 0 spiro atoms. The van der Waals surface area contributed by atoms with Gasteiger partial charge in [-0.15, -0.1) is 0 Å². The van der Waals surface area contributed by atoms with Gasteiger partial charge in [0.2, 0.25) is 5.88 Å². The Hall–Kier alpha value is -1.36. The maximum Gasteiger partial charge on any atom is 0.257 e. The molecule has 5 nitrogen and oxygen atoms in total. The predicted octanol–water partition coefficient (Wildman–Crippen LogP) is 0.534. The number of nitrogens with zero attached hydrogens (tertiary/aromatic N) is 1. The molecule has 0 aliphatic carbocycles. The highest BCUT2D eigenvalue weighted by Crippen LogP contribution is 2.13. The molecule has 0 bridgehead atoms. The number of nitrogens with one attached hydrogen (secondary N) is 1. The molecule has 1 unspecified atom stereocenters. The van der Waals surface area contributed by atoms with E-state index in [2.05, 4.69) is 9.97 Å². The number of H-pyrrole nitrogens is 1. The zero-order chi connectivity index (χ0) is 10.7. The van der Waals surface area contributed by atoms with E-state index >= 15 is 0 Å². The molecule has 0 radical (unpaired) electrons. The third-order valence-corrected chi connectivity index (χ3v) is 2.03. The lowest BCUT2D eigenvalue weighted by atomic mass is 10.2. The Morgan fingerprint density at radius 1 is 1.64 bits per heavy atom. The van der Waals surface area contributed by atoms with Gasteiger partial charge >= 0.3 is 0 Å². The SMILES string of the molecule is COCC(C)c1nc(O)c(C)c(=O)[nH]1. The Balaban J connectivity index is 3.06. The number of methoxy groups -OCH3 is 1. The standard InChI is InChI=1S/C9H14N2O3/c1-5(4-14-3)7-10-8(12)6(2)9(13)11-7/h5H,4H2,1-3H3,(H2,10,11,12,13). The molecular weight excluding hydrogens is 184 g/mol. The quantitative estimate of drug-likeness (QED) is 0.743. The van der Waals surface area contributed by atoms with Crippen molar-refractivity contribution in [1.82, 2.24) is 9.97 Å². The van der Waals surface area contributed by atoms with Crippen molar-refractivity contribution < 1.29 is 9.84 Å². The van der Waals surface area contributed by atoms with Gasteiger partial charge in [-0.25, -0.2) is 0 Å². The molecule has 0 saturated carbocycles. The summed E-state index contributed by atoms with van der Waals surface area (Å²) in [5, 5.41) is 9.33. The number of ether oxygens (including phenoxy) is 1. The zero-order valence-corrected chi connectivity index (χ0v) is 8.50. The highest BCUT2D eigenvalue weighted by molar-refractivity contribution is 5.21. The van der Waals surface area contributed by atoms with Gasteiger partial charge in [0.05, 0.1) is 12.2 Å². The lowest BCUT2D eigenvalue weighted by Crippen LogP contribution is -2.17. The van der Waals surface area contributed by atoms with Gasteiger partial charge in [-0.3, -0.25) is 4.79 Å². The van der Waals surface area contributed by atoms with Gasteiger partial charge in [-0.05, 0) is 6.92 Å². The molecule has 0 aromatic carbocycles. The molecule has 1 atom stereocenters. The number of aromatic amines is 1. The van der Waals surface area contributed by atoms with Crippen LogP contribution in [-0.2, 0) is 4.74 Å². The summed E-state index contributed by atoms with van der Waals surface area (Å²) >= 11 is 0. The molecule has 5 heteroatoms. The van der Waals surface area contributed by atoms with E-state index in [0.717, 1.165) is 0 Å². The fourth-order valence-corrected chi connectivity index (χ4v) is 1.10. The molecule has 2 N–H and O–H groups in total. The lowest BCUT2D eigenvalue weighted by molar-refractivity contribution is 0.181. The van der Waals surface area contributed by atoms with Crippen molar-refractivity contribution in [3.8, 4) is 5.88 Å². The number of hydrogen-bond donors (Lipinski definition) is 2. The van der Waals surface area contributed by atoms with Gasteiger partial charge < -0.3 is 14.8 Å². The smallest absolute Gasteiger partial charge is 0.257 e. The molecule has 0 amide bonds. The van der Waals surface area contributed by atoms with E-state index in [9.17, 15) is 9.90 Å². The summed E-state index contributed by atoms with van der Waals surface area (Å²) in [5.74, 6) is 0.186. The highest BCUT2D eigenvalue weighted by Gasteiger charge is 2.11. The van der Waals surface area contributed by atoms with Crippen LogP contribution in [0.1, 0.15) is 24.2 Å². The van der Waals surface area contributed by atoms with Gasteiger partial charge in [0.15, 0.2) is 0 Å². The van der Waals surface area contributed by atoms with E-state index in [1.54, 1.807) is 7.11 Å². The van der Waals surface area contributed by atoms with Crippen molar-refractivity contribution >= 4 is 0 Å². The first-order valence-corrected chi connectivity index (χ1v) is 4.35. The Morgan fingerprint density at radius 3 is 2.79 bits per heavy atom. The average Bonchev–Trinajstić information content (AvgIpc) is 2.13. The molecule has 1 aromatic heterocycles. The average molecular weight is 198 g/mol. The molecule has 78 valence electrons. The number of hydrogen-bond acceptors (Lipinski definition) is 4. The van der Waals surface area contributed by atoms with E-state index in [1.165, 1.54) is 6.92 Å². The second-order valence-corrected chi connectivity index (χ2v) is 3.26. The van der Waals surface area contributed by atoms with E-state index in [4.69, 9.17) is 4.74 Å². The van der Waals surface area contributed by atoms with Gasteiger partial charge in [0.25, 0.3) is 5.56 Å². The first-order chi connectivity index (χ1) is 6.56. The van der Waals surface area contributed by atoms with Crippen LogP contribution >= 0.6 is 0 Å². The summed E-state index contributed by atoms with van der Waals surface area (Å²) in [4.78, 5) is 17.7. The highest BCUT2D eigenvalue weighted by atomic mass is 16.5. The van der Waals surface area contributed by atoms with Crippen molar-refractivity contribution in [2.24, 2.45) is 0 Å². The van der Waals surface area contributed by atoms with E-state index < -0.39 is 0 Å². The second kappa shape index (κ2) is 4.23. The monoisotopic (exact) mass is 198 g/mol. The largest absolute Gasteiger partial charge is 0.493 e. The van der Waals surface area contributed by atoms with Crippen LogP contribution in [-0.4, -0.2) is 28.8 Å². The maximum atomic E-state index is 11.3. The minimum Gasteiger partial charge on any atom is -0.493 e. The lowest BCUT2D eigenvalue weighted by Gasteiger charge is -2.09. The van der Waals surface area contributed by atoms with Crippen molar-refractivity contribution in [3.05, 3.63) is 21.7 Å². The van der Waals surface area contributed by atoms with Gasteiger partial charge in [-0.1, -0.05) is 6.92 Å². The van der Waals surface area contributed by atoms with Crippen LogP contribution in [0.15, 0.2) is 4.79 Å². The minimum absolute atomic E-state index is 0.0424. The van der Waals surface area contributed by atoms with Crippen LogP contribution in [0.2, 0.25) is 0 Å². The summed E-state index contributed by atoms with van der Waals surface area (Å²) in [5.41, 5.74) is -0.0752. The fraction of sp³-hybridized carbons (Fsp3) is 0.556. The normalized spacial score (nSPS) is 12.8. The van der Waals surface area contributed by atoms with Crippen molar-refractivity contribution in [2.75, 3.05) is 13.7 Å². The first-order valence-electron chi connectivity index (χ1n) is 4.35. The third-order valence-electron chi connectivity index (χ3n) is 2.03. The summed E-state index contributed by atoms with van der Waals surface area (Å²) in [7, 11) is 1.57. The Kier molecular flexibility index (Phi) is 3.24. The predicted molar refractivity (Wildman–Crippen MR) is 51.6 cm³/mol. The minimum atomic E-state index is -0.310. The second-order valence-electron chi connectivity index (χ2n) is 3.26. The van der Waals surface area contributed by atoms with Gasteiger partial charge in [0.1, 0.15) is 5.82 Å². The topological polar surface area (TPSA) is 75.2 Å². The molecular formula is C9H14N2O3. The third kappa shape index (κ3) is 2.11. The molecule has 1 heterocycles. The van der Waals surface area contributed by atoms with Crippen molar-refractivity contribution in [1.29, 1.82) is 0 Å². The van der Waals surface area contributed by atoms with Crippen LogP contribution in [0.25, 0.3) is 0 Å². The molecule has 1 aromatic rings.